The molecule has 1 aromatic rings. The van der Waals surface area contributed by atoms with Crippen LogP contribution in [0.25, 0.3) is 0 Å². The molecule has 0 fully saturated rings. The van der Waals surface area contributed by atoms with E-state index in [2.05, 4.69) is 0 Å². The van der Waals surface area contributed by atoms with Crippen molar-refractivity contribution in [3.63, 3.8) is 0 Å². The van der Waals surface area contributed by atoms with Gasteiger partial charge in [-0.25, -0.2) is 0 Å². The van der Waals surface area contributed by atoms with Gasteiger partial charge in [0.25, 0.3) is 0 Å². The predicted octanol–water partition coefficient (Wildman–Crippen LogP) is 1.58. The first-order valence-electron chi connectivity index (χ1n) is 6.37. The Morgan fingerprint density at radius 3 is 3.62 bits per heavy atom. The van der Waals surface area contributed by atoms with E-state index in [4.69, 9.17) is 12.4 Å². The van der Waals surface area contributed by atoms with Crippen LogP contribution in [0.1, 0.15) is 15.2 Å². The summed E-state index contributed by atoms with van der Waals surface area (Å²) in [6.45, 7) is -2.79. The molecule has 0 heterocycles. The lowest BCUT2D eigenvalue weighted by Crippen LogP contribution is -1.82. The fraction of sp³-hybridized carbons (Fsp3) is 0.143. The summed E-state index contributed by atoms with van der Waals surface area (Å²) in [5.74, 6) is 0. The Balaban J connectivity index is 3.75. The van der Waals surface area contributed by atoms with Crippen molar-refractivity contribution in [1.29, 1.82) is 0 Å². The van der Waals surface area contributed by atoms with Crippen LogP contribution < -0.4 is 5.72 Å². The maximum atomic E-state index is 7.55. The zero-order valence-corrected chi connectivity index (χ0v) is 3.95. The molecule has 0 spiro atoms. The van der Waals surface area contributed by atoms with E-state index in [1.165, 1.54) is 0 Å². The Labute approximate surface area is 61.9 Å². The van der Waals surface area contributed by atoms with Crippen molar-refractivity contribution in [3.8, 4) is 0 Å². The van der Waals surface area contributed by atoms with Gasteiger partial charge in [0.15, 0.2) is 2.82 Å². The smallest absolute Gasteiger partial charge is 0.156 e. The zero-order chi connectivity index (χ0) is 13.5. The van der Waals surface area contributed by atoms with E-state index in [0.717, 1.165) is 0 Å². The molecular formula is C7H9N. The Morgan fingerprint density at radius 2 is 2.88 bits per heavy atom. The highest BCUT2D eigenvalue weighted by Crippen LogP contribution is 2.03. The summed E-state index contributed by atoms with van der Waals surface area (Å²) in [5.41, 5.74) is -1.41. The third kappa shape index (κ3) is 0.997. The highest BCUT2D eigenvalue weighted by atomic mass is 14.5. The van der Waals surface area contributed by atoms with Crippen LogP contribution in [-0.2, 0) is 0 Å². The van der Waals surface area contributed by atoms with E-state index >= 15 is 0 Å². The third-order valence-corrected chi connectivity index (χ3v) is 0.612. The molecule has 0 saturated heterocycles. The minimum Gasteiger partial charge on any atom is -0.399 e. The molecule has 0 aliphatic heterocycles. The summed E-state index contributed by atoms with van der Waals surface area (Å²) in [7, 11) is 0. The Morgan fingerprint density at radius 1 is 1.88 bits per heavy atom. The quantitative estimate of drug-likeness (QED) is 0.554. The van der Waals surface area contributed by atoms with Gasteiger partial charge in [-0.1, -0.05) is 12.1 Å². The number of hydrogen-bond acceptors (Lipinski definition) is 1. The van der Waals surface area contributed by atoms with Crippen molar-refractivity contribution in [3.05, 3.63) is 29.7 Å². The maximum absolute atomic E-state index is 7.55. The fourth-order valence-corrected chi connectivity index (χ4v) is 0.334. The maximum Gasteiger partial charge on any atom is 0.156 e. The number of benzene rings is 1. The zero-order valence-electron chi connectivity index (χ0n) is 12.9. The molecule has 0 radical (unpaired) electrons. The van der Waals surface area contributed by atoms with Gasteiger partial charge in [0.2, 0.25) is 0 Å². The van der Waals surface area contributed by atoms with Gasteiger partial charge < -0.3 is 5.72 Å². The van der Waals surface area contributed by atoms with Crippen LogP contribution in [0.15, 0.2) is 24.2 Å². The molecule has 0 saturated carbocycles. The molecule has 0 bridgehead atoms. The van der Waals surface area contributed by atoms with Crippen LogP contribution in [0.3, 0.4) is 0 Å². The van der Waals surface area contributed by atoms with Crippen molar-refractivity contribution in [2.45, 2.75) is 6.85 Å². The molecule has 1 aromatic carbocycles. The van der Waals surface area contributed by atoms with E-state index in [1.54, 1.807) is 0 Å². The van der Waals surface area contributed by atoms with E-state index in [0.29, 0.717) is 0 Å². The molecule has 0 atom stereocenters. The number of nitrogen functional groups attached to an aromatic ring is 1. The Bertz CT molecular complexity index is 450. The predicted molar refractivity (Wildman–Crippen MR) is 35.6 cm³/mol. The van der Waals surface area contributed by atoms with Crippen LogP contribution in [0.4, 0.5) is 5.69 Å². The van der Waals surface area contributed by atoms with Crippen molar-refractivity contribution in [2.24, 2.45) is 0 Å². The molecule has 1 heteroatoms. The molecular weight excluding hydrogens is 98.1 g/mol. The highest BCUT2D eigenvalue weighted by molar-refractivity contribution is 5.39. The molecule has 0 aromatic heterocycles. The SMILES string of the molecule is [2H]c1c([2H])c(N([2H])[2H])c([2H])c(C([2H])([2H])[2H])c1[2H]. The largest absolute Gasteiger partial charge is 0.399 e. The van der Waals surface area contributed by atoms with E-state index in [1.807, 2.05) is 0 Å². The molecule has 0 amide bonds. The van der Waals surface area contributed by atoms with Crippen molar-refractivity contribution in [1.82, 2.24) is 0 Å². The molecule has 8 heavy (non-hydrogen) atoms. The van der Waals surface area contributed by atoms with Crippen molar-refractivity contribution >= 4 is 5.69 Å². The lowest BCUT2D eigenvalue weighted by Gasteiger charge is -1.91. The first-order chi connectivity index (χ1) is 7.59. The summed E-state index contributed by atoms with van der Waals surface area (Å²) in [4.78, 5) is 0. The van der Waals surface area contributed by atoms with Gasteiger partial charge in [0.1, 0.15) is 0 Å². The number of nitrogens with two attached hydrogens (primary N) is 1. The van der Waals surface area contributed by atoms with E-state index < -0.39 is 42.3 Å². The van der Waals surface area contributed by atoms with Crippen LogP contribution >= 0.6 is 0 Å². The molecule has 1 rings (SSSR count). The van der Waals surface area contributed by atoms with Crippen LogP contribution in [0.2, 0.25) is 2.82 Å². The number of hydrogen-bond donors (Lipinski definition) is 1. The number of rotatable bonds is 1. The van der Waals surface area contributed by atoms with Crippen LogP contribution in [0, 0.1) is 6.85 Å². The van der Waals surface area contributed by atoms with E-state index in [-0.39, 0.29) is 5.72 Å². The van der Waals surface area contributed by atoms with Gasteiger partial charge in [0, 0.05) is 9.80 Å². The summed E-state index contributed by atoms with van der Waals surface area (Å²) in [6.07, 6.45) is 0. The fourth-order valence-electron chi connectivity index (χ4n) is 0.334. The lowest BCUT2D eigenvalue weighted by atomic mass is 10.2. The van der Waals surface area contributed by atoms with Crippen LogP contribution in [-0.4, -0.2) is 0 Å². The second-order valence-corrected chi connectivity index (χ2v) is 1.22. The Kier molecular flexibility index (Phi) is 0.231. The van der Waals surface area contributed by atoms with Crippen molar-refractivity contribution in [2.75, 3.05) is 5.72 Å². The van der Waals surface area contributed by atoms with Gasteiger partial charge in [-0.15, -0.1) is 0 Å². The minimum absolute atomic E-state index is 0.0859. The number of anilines is 1. The highest BCUT2D eigenvalue weighted by Gasteiger charge is 1.81. The first kappa shape index (κ1) is 0.991. The van der Waals surface area contributed by atoms with Gasteiger partial charge in [-0.2, -0.15) is 0 Å². The molecule has 0 aliphatic carbocycles. The molecule has 1 nitrogen and oxygen atoms in total. The summed E-state index contributed by atoms with van der Waals surface area (Å²) in [6, 6.07) is -2.85. The standard InChI is InChI=1S/C7H9N/c1-6-3-2-4-7(8)5-6/h2-5H,8H2,1H3/i1D3,2D,3D,4D,5D/hD2. The minimum atomic E-state index is -2.79. The average Bonchev–Trinajstić information content (AvgIpc) is 2.11. The summed E-state index contributed by atoms with van der Waals surface area (Å²) >= 11 is 0. The van der Waals surface area contributed by atoms with Gasteiger partial charge in [0.05, 0.1) is 5.48 Å². The average molecular weight is 116 g/mol. The molecule has 0 aliphatic rings. The second-order valence-electron chi connectivity index (χ2n) is 1.22. The second kappa shape index (κ2) is 1.86. The summed E-state index contributed by atoms with van der Waals surface area (Å²) < 4.78 is 65.3. The molecule has 2 N–H and O–H groups in total. The molecule has 0 unspecified atom stereocenters. The van der Waals surface area contributed by atoms with Crippen molar-refractivity contribution < 1.29 is 12.4 Å². The topological polar surface area (TPSA) is 26.0 Å². The van der Waals surface area contributed by atoms with Gasteiger partial charge >= 0.3 is 0 Å². The van der Waals surface area contributed by atoms with Gasteiger partial charge in [-0.05, 0) is 24.5 Å². The van der Waals surface area contributed by atoms with Crippen LogP contribution in [0.5, 0.6) is 0 Å². The van der Waals surface area contributed by atoms with Gasteiger partial charge in [-0.3, -0.25) is 0 Å². The summed E-state index contributed by atoms with van der Waals surface area (Å²) in [5, 5.41) is 0. The third-order valence-electron chi connectivity index (χ3n) is 0.612. The normalized spacial score (nSPS) is 26.2. The van der Waals surface area contributed by atoms with E-state index in [9.17, 15) is 0 Å². The first-order valence-corrected chi connectivity index (χ1v) is 1.97. The molecule has 42 valence electrons. The monoisotopic (exact) mass is 116 g/mol. The Hall–Kier alpha value is -0.980. The lowest BCUT2D eigenvalue weighted by molar-refractivity contribution is 1.47.